The maximum atomic E-state index is 6.23. The van der Waals surface area contributed by atoms with Crippen LogP contribution in [0.4, 0.5) is 17.3 Å². The molecule has 23 heavy (non-hydrogen) atoms. The van der Waals surface area contributed by atoms with Crippen LogP contribution >= 0.6 is 0 Å². The lowest BCUT2D eigenvalue weighted by molar-refractivity contribution is 0.190. The van der Waals surface area contributed by atoms with Gasteiger partial charge in [0.05, 0.1) is 26.0 Å². The third-order valence-corrected chi connectivity index (χ3v) is 3.30. The van der Waals surface area contributed by atoms with Crippen LogP contribution in [-0.4, -0.2) is 50.5 Å². The first-order chi connectivity index (χ1) is 11.3. The molecule has 0 spiro atoms. The van der Waals surface area contributed by atoms with Crippen molar-refractivity contribution in [1.82, 2.24) is 9.97 Å². The Labute approximate surface area is 135 Å². The van der Waals surface area contributed by atoms with Gasteiger partial charge in [0.1, 0.15) is 17.8 Å². The van der Waals surface area contributed by atoms with Crippen LogP contribution in [0.3, 0.4) is 0 Å². The van der Waals surface area contributed by atoms with Crippen molar-refractivity contribution in [3.63, 3.8) is 0 Å². The lowest BCUT2D eigenvalue weighted by atomic mass is 10.3. The molecule has 0 aromatic carbocycles. The van der Waals surface area contributed by atoms with Gasteiger partial charge >= 0.3 is 0 Å². The Bertz CT molecular complexity index is 568. The zero-order valence-corrected chi connectivity index (χ0v) is 13.5. The highest BCUT2D eigenvalue weighted by Crippen LogP contribution is 2.26. The molecule has 0 unspecified atom stereocenters. The first-order valence-electron chi connectivity index (χ1n) is 7.35. The summed E-state index contributed by atoms with van der Waals surface area (Å²) in [7, 11) is 3.32. The van der Waals surface area contributed by atoms with Crippen LogP contribution in [0.2, 0.25) is 0 Å². The minimum Gasteiger partial charge on any atom is -0.467 e. The molecule has 0 aliphatic heterocycles. The second-order valence-electron chi connectivity index (χ2n) is 4.87. The van der Waals surface area contributed by atoms with E-state index in [0.29, 0.717) is 50.2 Å². The topological polar surface area (TPSA) is 98.7 Å². The van der Waals surface area contributed by atoms with Crippen LogP contribution in [0.25, 0.3) is 0 Å². The lowest BCUT2D eigenvalue weighted by Gasteiger charge is -2.24. The molecule has 8 nitrogen and oxygen atoms in total. The Morgan fingerprint density at radius 2 is 1.96 bits per heavy atom. The minimum atomic E-state index is 0.492. The van der Waals surface area contributed by atoms with Crippen molar-refractivity contribution in [2.45, 2.75) is 6.54 Å². The lowest BCUT2D eigenvalue weighted by Crippen LogP contribution is -2.32. The molecule has 3 N–H and O–H groups in total. The fourth-order valence-corrected chi connectivity index (χ4v) is 2.09. The summed E-state index contributed by atoms with van der Waals surface area (Å²) in [6, 6.07) is 3.72. The number of anilines is 3. The summed E-state index contributed by atoms with van der Waals surface area (Å²) in [5.41, 5.74) is 6.72. The Kier molecular flexibility index (Phi) is 6.64. The summed E-state index contributed by atoms with van der Waals surface area (Å²) in [4.78, 5) is 10.5. The number of hydrogen-bond acceptors (Lipinski definition) is 8. The van der Waals surface area contributed by atoms with Crippen molar-refractivity contribution in [3.8, 4) is 0 Å². The Morgan fingerprint density at radius 1 is 1.22 bits per heavy atom. The van der Waals surface area contributed by atoms with Gasteiger partial charge in [0.25, 0.3) is 0 Å². The van der Waals surface area contributed by atoms with Gasteiger partial charge in [0.15, 0.2) is 11.6 Å². The van der Waals surface area contributed by atoms with Gasteiger partial charge in [-0.05, 0) is 12.1 Å². The van der Waals surface area contributed by atoms with E-state index < -0.39 is 0 Å². The Balaban J connectivity index is 2.11. The van der Waals surface area contributed by atoms with Crippen molar-refractivity contribution in [2.75, 3.05) is 56.5 Å². The second kappa shape index (κ2) is 8.96. The van der Waals surface area contributed by atoms with E-state index in [1.807, 2.05) is 17.0 Å². The van der Waals surface area contributed by atoms with E-state index in [1.54, 1.807) is 20.5 Å². The van der Waals surface area contributed by atoms with Gasteiger partial charge in [0, 0.05) is 27.3 Å². The molecule has 2 aromatic rings. The first-order valence-corrected chi connectivity index (χ1v) is 7.35. The maximum absolute atomic E-state index is 6.23. The highest BCUT2D eigenvalue weighted by molar-refractivity contribution is 5.74. The molecule has 0 bridgehead atoms. The summed E-state index contributed by atoms with van der Waals surface area (Å²) in [6.45, 7) is 2.98. The third kappa shape index (κ3) is 4.83. The van der Waals surface area contributed by atoms with Gasteiger partial charge in [-0.15, -0.1) is 0 Å². The van der Waals surface area contributed by atoms with Crippen LogP contribution in [0.5, 0.6) is 0 Å². The maximum Gasteiger partial charge on any atom is 0.157 e. The smallest absolute Gasteiger partial charge is 0.157 e. The molecule has 2 aromatic heterocycles. The number of nitrogens with one attached hydrogen (secondary N) is 1. The summed E-state index contributed by atoms with van der Waals surface area (Å²) in [6.07, 6.45) is 3.12. The van der Waals surface area contributed by atoms with E-state index >= 15 is 0 Å². The number of nitrogen functional groups attached to an aromatic ring is 1. The fourth-order valence-electron chi connectivity index (χ4n) is 2.09. The second-order valence-corrected chi connectivity index (χ2v) is 4.87. The zero-order valence-electron chi connectivity index (χ0n) is 13.5. The van der Waals surface area contributed by atoms with E-state index in [4.69, 9.17) is 19.6 Å². The van der Waals surface area contributed by atoms with E-state index in [1.165, 1.54) is 6.33 Å². The fraction of sp³-hybridized carbons (Fsp3) is 0.467. The quantitative estimate of drug-likeness (QED) is 0.677. The largest absolute Gasteiger partial charge is 0.467 e. The van der Waals surface area contributed by atoms with Gasteiger partial charge < -0.3 is 29.8 Å². The van der Waals surface area contributed by atoms with E-state index in [0.717, 1.165) is 5.76 Å². The van der Waals surface area contributed by atoms with Gasteiger partial charge in [-0.25, -0.2) is 9.97 Å². The SMILES string of the molecule is COCCN(CCOC)c1ncnc(NCc2ccco2)c1N. The number of rotatable bonds is 10. The number of nitrogens with zero attached hydrogens (tertiary/aromatic N) is 3. The van der Waals surface area contributed by atoms with Crippen molar-refractivity contribution in [3.05, 3.63) is 30.5 Å². The molecule has 2 heterocycles. The first kappa shape index (κ1) is 17.0. The van der Waals surface area contributed by atoms with Gasteiger partial charge in [-0.2, -0.15) is 0 Å². The molecule has 0 radical (unpaired) electrons. The molecule has 0 saturated carbocycles. The molecule has 0 amide bonds. The number of aromatic nitrogens is 2. The van der Waals surface area contributed by atoms with E-state index in [2.05, 4.69) is 15.3 Å². The molecule has 0 saturated heterocycles. The molecule has 0 aliphatic rings. The van der Waals surface area contributed by atoms with Crippen LogP contribution < -0.4 is 16.0 Å². The summed E-state index contributed by atoms with van der Waals surface area (Å²) >= 11 is 0. The highest BCUT2D eigenvalue weighted by atomic mass is 16.5. The van der Waals surface area contributed by atoms with Crippen LogP contribution in [0.1, 0.15) is 5.76 Å². The van der Waals surface area contributed by atoms with Crippen molar-refractivity contribution in [2.24, 2.45) is 0 Å². The van der Waals surface area contributed by atoms with Crippen LogP contribution in [0.15, 0.2) is 29.1 Å². The monoisotopic (exact) mass is 321 g/mol. The van der Waals surface area contributed by atoms with Crippen LogP contribution in [-0.2, 0) is 16.0 Å². The highest BCUT2D eigenvalue weighted by Gasteiger charge is 2.15. The number of methoxy groups -OCH3 is 2. The van der Waals surface area contributed by atoms with Gasteiger partial charge in [-0.3, -0.25) is 0 Å². The van der Waals surface area contributed by atoms with E-state index in [9.17, 15) is 0 Å². The molecular weight excluding hydrogens is 298 g/mol. The Hall–Kier alpha value is -2.32. The number of hydrogen-bond donors (Lipinski definition) is 2. The average molecular weight is 321 g/mol. The third-order valence-electron chi connectivity index (χ3n) is 3.30. The standard InChI is InChI=1S/C15H23N5O3/c1-21-8-5-20(6-9-22-2)15-13(16)14(18-11-19-15)17-10-12-4-3-7-23-12/h3-4,7,11H,5-6,8-10,16H2,1-2H3,(H,17,18,19). The van der Waals surface area contributed by atoms with E-state index in [-0.39, 0.29) is 0 Å². The van der Waals surface area contributed by atoms with Gasteiger partial charge in [-0.1, -0.05) is 0 Å². The van der Waals surface area contributed by atoms with Crippen molar-refractivity contribution < 1.29 is 13.9 Å². The summed E-state index contributed by atoms with van der Waals surface area (Å²) in [5.74, 6) is 2.04. The molecule has 0 fully saturated rings. The van der Waals surface area contributed by atoms with Crippen molar-refractivity contribution in [1.29, 1.82) is 0 Å². The summed E-state index contributed by atoms with van der Waals surface area (Å²) in [5, 5.41) is 3.16. The molecule has 0 aliphatic carbocycles. The van der Waals surface area contributed by atoms with Gasteiger partial charge in [0.2, 0.25) is 0 Å². The predicted octanol–water partition coefficient (Wildman–Crippen LogP) is 1.36. The molecular formula is C15H23N5O3. The Morgan fingerprint density at radius 3 is 2.57 bits per heavy atom. The minimum absolute atomic E-state index is 0.492. The molecule has 126 valence electrons. The zero-order chi connectivity index (χ0) is 16.5. The molecule has 8 heteroatoms. The number of nitrogens with two attached hydrogens (primary N) is 1. The normalized spacial score (nSPS) is 10.7. The number of ether oxygens (including phenoxy) is 2. The van der Waals surface area contributed by atoms with Crippen molar-refractivity contribution >= 4 is 17.3 Å². The molecule has 0 atom stereocenters. The predicted molar refractivity (Wildman–Crippen MR) is 88.4 cm³/mol. The average Bonchev–Trinajstić information content (AvgIpc) is 3.08. The number of furan rings is 1. The molecule has 2 rings (SSSR count). The summed E-state index contributed by atoms with van der Waals surface area (Å²) < 4.78 is 15.6. The van der Waals surface area contributed by atoms with Crippen LogP contribution in [0, 0.1) is 0 Å².